The first-order chi connectivity index (χ1) is 8.79. The van der Waals surface area contributed by atoms with Crippen LogP contribution in [0.25, 0.3) is 10.9 Å². The summed E-state index contributed by atoms with van der Waals surface area (Å²) in [5.74, 6) is 0.784. The molecule has 0 saturated heterocycles. The highest BCUT2D eigenvalue weighted by Crippen LogP contribution is 2.37. The minimum absolute atomic E-state index is 0.101. The fraction of sp³-hybridized carbons (Fsp3) is 0.467. The lowest BCUT2D eigenvalue weighted by molar-refractivity contribution is 0.223. The van der Waals surface area contributed by atoms with Gasteiger partial charge in [0, 0.05) is 5.39 Å². The number of hydrogen-bond donors (Lipinski definition) is 0. The third-order valence-corrected chi connectivity index (χ3v) is 4.06. The highest BCUT2D eigenvalue weighted by molar-refractivity contribution is 5.78. The van der Waals surface area contributed by atoms with E-state index in [1.165, 1.54) is 0 Å². The van der Waals surface area contributed by atoms with Gasteiger partial charge in [-0.15, -0.1) is 0 Å². The lowest BCUT2D eigenvalue weighted by atomic mass is 9.80. The van der Waals surface area contributed by atoms with Gasteiger partial charge in [-0.2, -0.15) is 10.4 Å². The number of fused-ring (bicyclic) bond motifs is 1. The van der Waals surface area contributed by atoms with Crippen molar-refractivity contribution in [2.45, 2.75) is 32.2 Å². The second kappa shape index (κ2) is 4.45. The molecule has 0 N–H and O–H groups in total. The van der Waals surface area contributed by atoms with Crippen LogP contribution in [-0.4, -0.2) is 9.78 Å². The number of nitriles is 1. The van der Waals surface area contributed by atoms with Crippen molar-refractivity contribution in [1.82, 2.24) is 9.78 Å². The van der Waals surface area contributed by atoms with Crippen molar-refractivity contribution >= 4 is 10.9 Å². The van der Waals surface area contributed by atoms with Crippen LogP contribution >= 0.6 is 0 Å². The summed E-state index contributed by atoms with van der Waals surface area (Å²) in [6, 6.07) is 10.9. The van der Waals surface area contributed by atoms with Crippen molar-refractivity contribution in [2.75, 3.05) is 0 Å². The van der Waals surface area contributed by atoms with Crippen LogP contribution in [0.2, 0.25) is 0 Å². The molecule has 92 valence electrons. The highest BCUT2D eigenvalue weighted by atomic mass is 15.3. The minimum Gasteiger partial charge on any atom is -0.260 e. The third kappa shape index (κ3) is 1.78. The number of rotatable bonds is 1. The molecule has 0 bridgehead atoms. The summed E-state index contributed by atoms with van der Waals surface area (Å²) >= 11 is 0. The van der Waals surface area contributed by atoms with Crippen molar-refractivity contribution in [3.05, 3.63) is 30.5 Å². The lowest BCUT2D eigenvalue weighted by Crippen LogP contribution is -2.26. The maximum absolute atomic E-state index is 9.33. The molecule has 1 fully saturated rings. The largest absolute Gasteiger partial charge is 0.260 e. The van der Waals surface area contributed by atoms with Gasteiger partial charge in [0.05, 0.1) is 29.7 Å². The fourth-order valence-electron chi connectivity index (χ4n) is 3.03. The summed E-state index contributed by atoms with van der Waals surface area (Å²) < 4.78 is 2.07. The smallest absolute Gasteiger partial charge is 0.0688 e. The standard InChI is InChI=1S/C15H17N3/c1-11-6-7-12(9-16)15(8-11)18-14-5-3-2-4-13(14)10-17-18/h2-5,10-12,15H,6-8H2,1H3. The summed E-state index contributed by atoms with van der Waals surface area (Å²) in [7, 11) is 0. The summed E-state index contributed by atoms with van der Waals surface area (Å²) in [6.07, 6.45) is 5.12. The number of para-hydroxylation sites is 1. The molecule has 3 atom stereocenters. The van der Waals surface area contributed by atoms with Gasteiger partial charge in [-0.3, -0.25) is 4.68 Å². The molecule has 0 aliphatic heterocycles. The Bertz CT molecular complexity index is 593. The summed E-state index contributed by atoms with van der Waals surface area (Å²) in [4.78, 5) is 0. The van der Waals surface area contributed by atoms with Crippen LogP contribution in [0.3, 0.4) is 0 Å². The van der Waals surface area contributed by atoms with Gasteiger partial charge in [0.25, 0.3) is 0 Å². The van der Waals surface area contributed by atoms with Gasteiger partial charge in [-0.1, -0.05) is 25.1 Å². The molecule has 3 nitrogen and oxygen atoms in total. The van der Waals surface area contributed by atoms with E-state index < -0.39 is 0 Å². The zero-order valence-corrected chi connectivity index (χ0v) is 10.6. The Kier molecular flexibility index (Phi) is 2.79. The Morgan fingerprint density at radius 2 is 2.17 bits per heavy atom. The molecule has 2 aromatic rings. The van der Waals surface area contributed by atoms with Crippen molar-refractivity contribution in [3.8, 4) is 6.07 Å². The maximum atomic E-state index is 9.33. The van der Waals surface area contributed by atoms with Gasteiger partial charge in [0.2, 0.25) is 0 Å². The van der Waals surface area contributed by atoms with E-state index in [1.807, 2.05) is 18.3 Å². The maximum Gasteiger partial charge on any atom is 0.0688 e. The molecular weight excluding hydrogens is 222 g/mol. The molecule has 1 saturated carbocycles. The molecule has 3 unspecified atom stereocenters. The van der Waals surface area contributed by atoms with Crippen molar-refractivity contribution in [3.63, 3.8) is 0 Å². The molecule has 1 aromatic heterocycles. The average molecular weight is 239 g/mol. The molecule has 1 heterocycles. The van der Waals surface area contributed by atoms with Crippen LogP contribution in [0.15, 0.2) is 30.5 Å². The van der Waals surface area contributed by atoms with Crippen LogP contribution in [0.1, 0.15) is 32.2 Å². The van der Waals surface area contributed by atoms with Gasteiger partial charge in [-0.25, -0.2) is 0 Å². The SMILES string of the molecule is CC1CCC(C#N)C(n2ncc3ccccc32)C1. The molecular formula is C15H17N3. The molecule has 3 heteroatoms. The van der Waals surface area contributed by atoms with Gasteiger partial charge in [0.15, 0.2) is 0 Å². The molecule has 1 aliphatic rings. The zero-order chi connectivity index (χ0) is 12.5. The minimum atomic E-state index is 0.101. The average Bonchev–Trinajstić information content (AvgIpc) is 2.82. The van der Waals surface area contributed by atoms with Crippen LogP contribution < -0.4 is 0 Å². The van der Waals surface area contributed by atoms with Crippen molar-refractivity contribution in [2.24, 2.45) is 11.8 Å². The normalized spacial score (nSPS) is 28.1. The first kappa shape index (κ1) is 11.3. The van der Waals surface area contributed by atoms with Gasteiger partial charge >= 0.3 is 0 Å². The lowest BCUT2D eigenvalue weighted by Gasteiger charge is -2.31. The van der Waals surface area contributed by atoms with E-state index in [0.717, 1.165) is 30.2 Å². The monoisotopic (exact) mass is 239 g/mol. The topological polar surface area (TPSA) is 41.6 Å². The van der Waals surface area contributed by atoms with Gasteiger partial charge in [0.1, 0.15) is 0 Å². The van der Waals surface area contributed by atoms with E-state index in [-0.39, 0.29) is 12.0 Å². The first-order valence-corrected chi connectivity index (χ1v) is 6.61. The predicted molar refractivity (Wildman–Crippen MR) is 70.9 cm³/mol. The van der Waals surface area contributed by atoms with Gasteiger partial charge < -0.3 is 0 Å². The summed E-state index contributed by atoms with van der Waals surface area (Å²) in [6.45, 7) is 2.27. The Hall–Kier alpha value is -1.82. The Morgan fingerprint density at radius 1 is 1.33 bits per heavy atom. The molecule has 18 heavy (non-hydrogen) atoms. The van der Waals surface area contributed by atoms with Crippen molar-refractivity contribution < 1.29 is 0 Å². The molecule has 0 spiro atoms. The highest BCUT2D eigenvalue weighted by Gasteiger charge is 2.31. The van der Waals surface area contributed by atoms with Crippen LogP contribution in [0.5, 0.6) is 0 Å². The van der Waals surface area contributed by atoms with E-state index in [4.69, 9.17) is 0 Å². The van der Waals surface area contributed by atoms with Gasteiger partial charge in [-0.05, 0) is 31.2 Å². The van der Waals surface area contributed by atoms with Crippen LogP contribution in [0, 0.1) is 23.2 Å². The molecule has 3 rings (SSSR count). The number of aromatic nitrogens is 2. The Labute approximate surface area is 107 Å². The summed E-state index contributed by atoms with van der Waals surface area (Å²) in [5.41, 5.74) is 1.15. The van der Waals surface area contributed by atoms with E-state index in [2.05, 4.69) is 34.9 Å². The van der Waals surface area contributed by atoms with Crippen molar-refractivity contribution in [1.29, 1.82) is 5.26 Å². The number of nitrogens with zero attached hydrogens (tertiary/aromatic N) is 3. The summed E-state index contributed by atoms with van der Waals surface area (Å²) in [5, 5.41) is 15.0. The van der Waals surface area contributed by atoms with E-state index in [0.29, 0.717) is 5.92 Å². The first-order valence-electron chi connectivity index (χ1n) is 6.61. The van der Waals surface area contributed by atoms with Crippen LogP contribution in [-0.2, 0) is 0 Å². The van der Waals surface area contributed by atoms with E-state index >= 15 is 0 Å². The predicted octanol–water partition coefficient (Wildman–Crippen LogP) is 3.54. The second-order valence-electron chi connectivity index (χ2n) is 5.37. The molecule has 1 aliphatic carbocycles. The number of hydrogen-bond acceptors (Lipinski definition) is 2. The Morgan fingerprint density at radius 3 is 3.00 bits per heavy atom. The second-order valence-corrected chi connectivity index (χ2v) is 5.37. The number of benzene rings is 1. The molecule has 0 radical (unpaired) electrons. The third-order valence-electron chi connectivity index (χ3n) is 4.06. The Balaban J connectivity index is 2.04. The van der Waals surface area contributed by atoms with E-state index in [9.17, 15) is 5.26 Å². The quantitative estimate of drug-likeness (QED) is 0.763. The molecule has 1 aromatic carbocycles. The molecule has 0 amide bonds. The zero-order valence-electron chi connectivity index (χ0n) is 10.6. The fourth-order valence-corrected chi connectivity index (χ4v) is 3.03. The van der Waals surface area contributed by atoms with Crippen LogP contribution in [0.4, 0.5) is 0 Å². The van der Waals surface area contributed by atoms with E-state index in [1.54, 1.807) is 0 Å².